The Bertz CT molecular complexity index is 2190. The van der Waals surface area contributed by atoms with Crippen LogP contribution in [0.4, 0.5) is 11.4 Å². The number of pyridine rings is 1. The minimum atomic E-state index is -1.53. The largest absolute Gasteiger partial charge is 0.480 e. The number of carbonyl (C=O) groups is 8. The first-order chi connectivity index (χ1) is 30.8. The molecule has 3 atom stereocenters. The lowest BCUT2D eigenvalue weighted by Crippen LogP contribution is -2.66. The number of nitrogens with one attached hydrogen (secondary N) is 5. The maximum absolute atomic E-state index is 13.3. The number of nitrogens with zero attached hydrogens (tertiary/aromatic N) is 4. The number of hydrogen-bond donors (Lipinski definition) is 12. The molecule has 5 amide bonds. The fraction of sp³-hybridized carbons (Fsp3) is 0.415. The van der Waals surface area contributed by atoms with Crippen molar-refractivity contribution in [3.8, 4) is 0 Å². The van der Waals surface area contributed by atoms with E-state index in [0.717, 1.165) is 9.80 Å². The van der Waals surface area contributed by atoms with Gasteiger partial charge in [-0.15, -0.1) is 0 Å². The van der Waals surface area contributed by atoms with Crippen LogP contribution in [0.3, 0.4) is 0 Å². The molecular formula is C41H57N12O12+. The van der Waals surface area contributed by atoms with E-state index in [4.69, 9.17) is 21.7 Å². The highest BCUT2D eigenvalue weighted by Crippen LogP contribution is 2.27. The number of nitrogens with two attached hydrogens (primary N) is 2. The molecule has 3 rings (SSSR count). The van der Waals surface area contributed by atoms with Crippen molar-refractivity contribution in [3.05, 3.63) is 65.9 Å². The molecule has 0 saturated heterocycles. The van der Waals surface area contributed by atoms with Gasteiger partial charge in [-0.2, -0.15) is 0 Å². The van der Waals surface area contributed by atoms with Gasteiger partial charge in [0.25, 0.3) is 5.91 Å². The van der Waals surface area contributed by atoms with Gasteiger partial charge >= 0.3 is 23.8 Å². The summed E-state index contributed by atoms with van der Waals surface area (Å²) < 4.78 is 0. The van der Waals surface area contributed by atoms with Crippen molar-refractivity contribution in [3.63, 3.8) is 0 Å². The number of para-hydroxylation sites is 1. The zero-order valence-electron chi connectivity index (χ0n) is 36.0. The first kappa shape index (κ1) is 52.1. The van der Waals surface area contributed by atoms with E-state index >= 15 is 0 Å². The van der Waals surface area contributed by atoms with Crippen LogP contribution < -0.4 is 43.8 Å². The molecule has 65 heavy (non-hydrogen) atoms. The van der Waals surface area contributed by atoms with E-state index in [9.17, 15) is 48.6 Å². The quantitative estimate of drug-likeness (QED) is 0.0196. The van der Waals surface area contributed by atoms with Crippen LogP contribution in [-0.4, -0.2) is 159 Å². The zero-order chi connectivity index (χ0) is 48.2. The van der Waals surface area contributed by atoms with Crippen molar-refractivity contribution in [2.24, 2.45) is 22.4 Å². The number of carboxylic acids is 3. The molecule has 3 aromatic rings. The Morgan fingerprint density at radius 1 is 0.785 bits per heavy atom. The SMILES string of the molecule is CC(C)[C@H](NC(=O)[C@H](CO)NC(=O)CN(CCN(CC(=O)O)CC(=O)O)CC(=O)O)C(=O)NCc1ccc(Nc2ccnc3c(C(=O)N[C@@H](CCCN=C(N)N)C([NH3+])=O)cccc23)cc1. The lowest BCUT2D eigenvalue weighted by molar-refractivity contribution is -0.308. The molecule has 24 nitrogen and oxygen atoms in total. The van der Waals surface area contributed by atoms with Gasteiger partial charge in [-0.25, -0.2) is 4.79 Å². The second kappa shape index (κ2) is 25.7. The molecule has 0 aliphatic heterocycles. The van der Waals surface area contributed by atoms with Gasteiger partial charge in [0.05, 0.1) is 43.9 Å². The standard InChI is InChI=1S/C41H56N12O12/c1-23(2)35(51-39(64)30(22-54)49-31(55)18-52(19-32(56)57)15-16-53(20-33(58)59)21-34(60)61)40(65)47-17-24-8-10-25(11-9-24)48-28-12-14-45-36-26(28)5-3-6-27(36)38(63)50-29(37(42)62)7-4-13-46-41(43)44/h3,5-6,8-12,14,23,29-30,35,54H,4,7,13,15-22H2,1-2H3,(H2,42,62)(H,45,48)(H,47,65)(H,49,55)(H,50,63)(H,51,64)(H,56,57)(H,58,59)(H,60,61)(H4,43,44,46)/p+1/t29-,30-,35-/m0/s1. The Balaban J connectivity index is 1.61. The number of fused-ring (bicyclic) bond motifs is 1. The summed E-state index contributed by atoms with van der Waals surface area (Å²) in [5, 5.41) is 51.7. The number of hydrogen-bond acceptors (Lipinski definition) is 14. The van der Waals surface area contributed by atoms with Gasteiger partial charge in [0.15, 0.2) is 5.96 Å². The predicted molar refractivity (Wildman–Crippen MR) is 234 cm³/mol. The van der Waals surface area contributed by atoms with E-state index in [0.29, 0.717) is 34.3 Å². The normalized spacial score (nSPS) is 12.5. The topological polar surface area (TPSA) is 389 Å². The summed E-state index contributed by atoms with van der Waals surface area (Å²) in [6, 6.07) is 10.4. The molecule has 0 radical (unpaired) electrons. The molecule has 24 heteroatoms. The third-order valence-electron chi connectivity index (χ3n) is 9.61. The molecule has 16 N–H and O–H groups in total. The lowest BCUT2D eigenvalue weighted by Gasteiger charge is -2.26. The third-order valence-corrected chi connectivity index (χ3v) is 9.61. The van der Waals surface area contributed by atoms with Gasteiger partial charge in [-0.05, 0) is 48.6 Å². The number of aliphatic hydroxyl groups is 1. The van der Waals surface area contributed by atoms with Crippen LogP contribution in [-0.2, 0) is 40.1 Å². The summed E-state index contributed by atoms with van der Waals surface area (Å²) in [6.45, 7) is -0.157. The zero-order valence-corrected chi connectivity index (χ0v) is 36.0. The lowest BCUT2D eigenvalue weighted by atomic mass is 10.0. The molecule has 0 aliphatic carbocycles. The van der Waals surface area contributed by atoms with Gasteiger partial charge in [0.1, 0.15) is 18.1 Å². The molecular weight excluding hydrogens is 853 g/mol. The van der Waals surface area contributed by atoms with Gasteiger partial charge in [0, 0.05) is 49.1 Å². The van der Waals surface area contributed by atoms with Crippen LogP contribution in [0.15, 0.2) is 59.7 Å². The number of aliphatic hydroxyl groups excluding tert-OH is 1. The summed E-state index contributed by atoms with van der Waals surface area (Å²) in [5.41, 5.74) is 16.8. The molecule has 1 heterocycles. The van der Waals surface area contributed by atoms with E-state index in [1.54, 1.807) is 62.4 Å². The van der Waals surface area contributed by atoms with Gasteiger partial charge < -0.3 is 58.5 Å². The van der Waals surface area contributed by atoms with Crippen molar-refractivity contribution in [2.45, 2.75) is 51.4 Å². The predicted octanol–water partition coefficient (Wildman–Crippen LogP) is -3.01. The highest BCUT2D eigenvalue weighted by Gasteiger charge is 2.29. The number of carbonyl (C=O) groups excluding carboxylic acids is 5. The second-order valence-corrected chi connectivity index (χ2v) is 15.2. The van der Waals surface area contributed by atoms with Crippen molar-refractivity contribution in [2.75, 3.05) is 57.7 Å². The Kier molecular flexibility index (Phi) is 20.6. The Labute approximate surface area is 373 Å². The molecule has 0 spiro atoms. The highest BCUT2D eigenvalue weighted by atomic mass is 16.4. The number of guanidine groups is 1. The van der Waals surface area contributed by atoms with Crippen LogP contribution in [0, 0.1) is 5.92 Å². The fourth-order valence-electron chi connectivity index (χ4n) is 6.39. The van der Waals surface area contributed by atoms with Crippen molar-refractivity contribution < 1.29 is 64.5 Å². The number of carboxylic acid groups (broad SMARTS) is 3. The summed E-state index contributed by atoms with van der Waals surface area (Å²) in [5.74, 6) is -7.77. The van der Waals surface area contributed by atoms with Gasteiger partial charge in [-0.1, -0.05) is 38.1 Å². The minimum absolute atomic E-state index is 0.0653. The summed E-state index contributed by atoms with van der Waals surface area (Å²) in [4.78, 5) is 109. The number of anilines is 2. The second-order valence-electron chi connectivity index (χ2n) is 15.2. The number of quaternary nitrogens is 1. The van der Waals surface area contributed by atoms with E-state index in [-0.39, 0.29) is 44.1 Å². The van der Waals surface area contributed by atoms with Crippen LogP contribution in [0.5, 0.6) is 0 Å². The van der Waals surface area contributed by atoms with Crippen LogP contribution in [0.1, 0.15) is 42.6 Å². The summed E-state index contributed by atoms with van der Waals surface area (Å²) in [7, 11) is 0. The molecule has 1 aromatic heterocycles. The van der Waals surface area contributed by atoms with E-state index < -0.39 is 104 Å². The number of aliphatic imine (C=N–C) groups is 1. The monoisotopic (exact) mass is 909 g/mol. The van der Waals surface area contributed by atoms with Crippen molar-refractivity contribution >= 4 is 75.7 Å². The molecule has 0 bridgehead atoms. The molecule has 352 valence electrons. The van der Waals surface area contributed by atoms with Crippen LogP contribution in [0.25, 0.3) is 10.9 Å². The summed E-state index contributed by atoms with van der Waals surface area (Å²) in [6.07, 6.45) is 2.25. The van der Waals surface area contributed by atoms with Crippen molar-refractivity contribution in [1.82, 2.24) is 36.1 Å². The minimum Gasteiger partial charge on any atom is -0.480 e. The first-order valence-electron chi connectivity index (χ1n) is 20.3. The molecule has 0 saturated carbocycles. The fourth-order valence-corrected chi connectivity index (χ4v) is 6.39. The molecule has 0 unspecified atom stereocenters. The average molecular weight is 910 g/mol. The molecule has 0 aliphatic rings. The van der Waals surface area contributed by atoms with E-state index in [1.807, 2.05) is 0 Å². The average Bonchev–Trinajstić information content (AvgIpc) is 3.23. The number of amides is 5. The highest BCUT2D eigenvalue weighted by molar-refractivity contribution is 6.09. The Morgan fingerprint density at radius 3 is 1.95 bits per heavy atom. The maximum atomic E-state index is 13.3. The van der Waals surface area contributed by atoms with Crippen LogP contribution in [0.2, 0.25) is 0 Å². The third kappa shape index (κ3) is 17.8. The first-order valence-corrected chi connectivity index (χ1v) is 20.3. The number of rotatable bonds is 28. The van der Waals surface area contributed by atoms with Gasteiger partial charge in [-0.3, -0.25) is 59.1 Å². The summed E-state index contributed by atoms with van der Waals surface area (Å²) >= 11 is 0. The van der Waals surface area contributed by atoms with E-state index in [2.05, 4.69) is 42.3 Å². The maximum Gasteiger partial charge on any atom is 0.331 e. The smallest absolute Gasteiger partial charge is 0.331 e. The van der Waals surface area contributed by atoms with E-state index in [1.165, 1.54) is 6.20 Å². The van der Waals surface area contributed by atoms with Crippen molar-refractivity contribution in [1.29, 1.82) is 0 Å². The molecule has 2 aromatic carbocycles. The van der Waals surface area contributed by atoms with Gasteiger partial charge in [0.2, 0.25) is 17.7 Å². The Morgan fingerprint density at radius 2 is 1.40 bits per heavy atom. The molecule has 0 fully saturated rings. The Hall–Kier alpha value is -7.28. The number of aromatic nitrogens is 1. The van der Waals surface area contributed by atoms with Crippen LogP contribution >= 0.6 is 0 Å². The number of benzene rings is 2. The number of aliphatic carboxylic acids is 3.